The van der Waals surface area contributed by atoms with Gasteiger partial charge in [-0.2, -0.15) is 5.10 Å². The number of aromatic nitrogens is 2. The molecule has 1 aromatic heterocycles. The van der Waals surface area contributed by atoms with Gasteiger partial charge in [-0.1, -0.05) is 6.42 Å². The van der Waals surface area contributed by atoms with Crippen molar-refractivity contribution in [3.63, 3.8) is 0 Å². The van der Waals surface area contributed by atoms with Crippen LogP contribution < -0.4 is 5.73 Å². The fourth-order valence-electron chi connectivity index (χ4n) is 3.10. The summed E-state index contributed by atoms with van der Waals surface area (Å²) in [7, 11) is 2.03. The van der Waals surface area contributed by atoms with Crippen molar-refractivity contribution in [2.45, 2.75) is 50.2 Å². The van der Waals surface area contributed by atoms with Crippen LogP contribution in [0.2, 0.25) is 0 Å². The molecule has 2 N–H and O–H groups in total. The molecule has 0 bridgehead atoms. The molecule has 1 saturated heterocycles. The van der Waals surface area contributed by atoms with Gasteiger partial charge in [-0.25, -0.2) is 0 Å². The highest BCUT2D eigenvalue weighted by molar-refractivity contribution is 5.12. The summed E-state index contributed by atoms with van der Waals surface area (Å²) >= 11 is 0. The molecule has 4 heteroatoms. The summed E-state index contributed by atoms with van der Waals surface area (Å²) in [5.41, 5.74) is 7.70. The van der Waals surface area contributed by atoms with Crippen molar-refractivity contribution >= 4 is 0 Å². The van der Waals surface area contributed by atoms with E-state index in [0.717, 1.165) is 12.5 Å². The SMILES string of the molecule is Cn1nccc1C1C(N)CCCCN1C1CC1. The lowest BCUT2D eigenvalue weighted by molar-refractivity contribution is 0.168. The Hall–Kier alpha value is -0.870. The Bertz CT molecular complexity index is 383. The van der Waals surface area contributed by atoms with Gasteiger partial charge in [0.15, 0.2) is 0 Å². The van der Waals surface area contributed by atoms with Gasteiger partial charge in [0.25, 0.3) is 0 Å². The molecular weight excluding hydrogens is 212 g/mol. The number of hydrogen-bond donors (Lipinski definition) is 1. The lowest BCUT2D eigenvalue weighted by Gasteiger charge is -2.33. The molecule has 1 saturated carbocycles. The van der Waals surface area contributed by atoms with Crippen LogP contribution in [0.25, 0.3) is 0 Å². The molecule has 2 atom stereocenters. The topological polar surface area (TPSA) is 47.1 Å². The van der Waals surface area contributed by atoms with Crippen LogP contribution in [-0.2, 0) is 7.05 Å². The third kappa shape index (κ3) is 2.11. The summed E-state index contributed by atoms with van der Waals surface area (Å²) in [6, 6.07) is 3.54. The molecule has 1 aromatic rings. The average Bonchev–Trinajstić information content (AvgIpc) is 3.08. The Labute approximate surface area is 103 Å². The molecule has 1 aliphatic heterocycles. The first kappa shape index (κ1) is 11.2. The van der Waals surface area contributed by atoms with Gasteiger partial charge in [-0.05, 0) is 38.3 Å². The second-order valence-electron chi connectivity index (χ2n) is 5.45. The van der Waals surface area contributed by atoms with E-state index in [0.29, 0.717) is 6.04 Å². The molecule has 4 nitrogen and oxygen atoms in total. The maximum absolute atomic E-state index is 6.41. The first-order chi connectivity index (χ1) is 8.27. The van der Waals surface area contributed by atoms with Crippen LogP contribution in [0.5, 0.6) is 0 Å². The number of aryl methyl sites for hydroxylation is 1. The van der Waals surface area contributed by atoms with Crippen LogP contribution in [0.1, 0.15) is 43.8 Å². The number of nitrogens with two attached hydrogens (primary N) is 1. The van der Waals surface area contributed by atoms with E-state index in [1.165, 1.54) is 37.9 Å². The highest BCUT2D eigenvalue weighted by atomic mass is 15.3. The summed E-state index contributed by atoms with van der Waals surface area (Å²) < 4.78 is 1.99. The lowest BCUT2D eigenvalue weighted by atomic mass is 10.0. The zero-order valence-corrected chi connectivity index (χ0v) is 10.5. The Kier molecular flexibility index (Phi) is 2.92. The van der Waals surface area contributed by atoms with Gasteiger partial charge in [0.05, 0.1) is 11.7 Å². The number of nitrogens with zero attached hydrogens (tertiary/aromatic N) is 3. The van der Waals surface area contributed by atoms with Crippen molar-refractivity contribution in [1.29, 1.82) is 0 Å². The van der Waals surface area contributed by atoms with E-state index in [2.05, 4.69) is 16.1 Å². The van der Waals surface area contributed by atoms with Gasteiger partial charge >= 0.3 is 0 Å². The van der Waals surface area contributed by atoms with Crippen molar-refractivity contribution in [2.75, 3.05) is 6.54 Å². The summed E-state index contributed by atoms with van der Waals surface area (Å²) in [4.78, 5) is 2.63. The first-order valence-electron chi connectivity index (χ1n) is 6.76. The standard InChI is InChI=1S/C13H22N4/c1-16-12(7-8-15-16)13-11(14)4-2-3-9-17(13)10-5-6-10/h7-8,10-11,13H,2-6,9,14H2,1H3. The molecule has 2 heterocycles. The van der Waals surface area contributed by atoms with Crippen molar-refractivity contribution in [3.05, 3.63) is 18.0 Å². The number of hydrogen-bond acceptors (Lipinski definition) is 3. The summed E-state index contributed by atoms with van der Waals surface area (Å²) in [5.74, 6) is 0. The van der Waals surface area contributed by atoms with E-state index in [1.54, 1.807) is 0 Å². The molecule has 2 aliphatic rings. The van der Waals surface area contributed by atoms with Gasteiger partial charge in [-0.3, -0.25) is 9.58 Å². The number of rotatable bonds is 2. The minimum atomic E-state index is 0.258. The van der Waals surface area contributed by atoms with E-state index in [1.807, 2.05) is 17.9 Å². The summed E-state index contributed by atoms with van der Waals surface area (Å²) in [6.07, 6.45) is 8.27. The van der Waals surface area contributed by atoms with Crippen LogP contribution in [0.15, 0.2) is 12.3 Å². The molecule has 2 fully saturated rings. The number of likely N-dealkylation sites (tertiary alicyclic amines) is 1. The fourth-order valence-corrected chi connectivity index (χ4v) is 3.10. The van der Waals surface area contributed by atoms with E-state index < -0.39 is 0 Å². The maximum Gasteiger partial charge on any atom is 0.0672 e. The largest absolute Gasteiger partial charge is 0.326 e. The highest BCUT2D eigenvalue weighted by Crippen LogP contribution is 2.38. The Morgan fingerprint density at radius 1 is 1.29 bits per heavy atom. The fraction of sp³-hybridized carbons (Fsp3) is 0.769. The minimum absolute atomic E-state index is 0.258. The second-order valence-corrected chi connectivity index (χ2v) is 5.45. The second kappa shape index (κ2) is 4.42. The average molecular weight is 234 g/mol. The zero-order valence-electron chi connectivity index (χ0n) is 10.5. The molecule has 0 amide bonds. The Morgan fingerprint density at radius 2 is 2.12 bits per heavy atom. The third-order valence-electron chi connectivity index (χ3n) is 4.14. The van der Waals surface area contributed by atoms with Crippen molar-refractivity contribution in [3.8, 4) is 0 Å². The van der Waals surface area contributed by atoms with Crippen LogP contribution in [-0.4, -0.2) is 33.3 Å². The normalized spacial score (nSPS) is 31.4. The van der Waals surface area contributed by atoms with Crippen molar-refractivity contribution in [1.82, 2.24) is 14.7 Å². The maximum atomic E-state index is 6.41. The van der Waals surface area contributed by atoms with Crippen molar-refractivity contribution in [2.24, 2.45) is 12.8 Å². The van der Waals surface area contributed by atoms with Gasteiger partial charge in [0.2, 0.25) is 0 Å². The molecule has 1 aliphatic carbocycles. The molecular formula is C13H22N4. The van der Waals surface area contributed by atoms with E-state index >= 15 is 0 Å². The van der Waals surface area contributed by atoms with E-state index in [9.17, 15) is 0 Å². The van der Waals surface area contributed by atoms with Gasteiger partial charge in [0.1, 0.15) is 0 Å². The van der Waals surface area contributed by atoms with Crippen LogP contribution >= 0.6 is 0 Å². The lowest BCUT2D eigenvalue weighted by Crippen LogP contribution is -2.41. The molecule has 0 spiro atoms. The molecule has 0 aromatic carbocycles. The molecule has 2 unspecified atom stereocenters. The molecule has 94 valence electrons. The Balaban J connectivity index is 1.92. The predicted octanol–water partition coefficient (Wildman–Crippen LogP) is 1.44. The highest BCUT2D eigenvalue weighted by Gasteiger charge is 2.39. The van der Waals surface area contributed by atoms with Crippen LogP contribution in [0, 0.1) is 0 Å². The van der Waals surface area contributed by atoms with Gasteiger partial charge in [0, 0.05) is 25.3 Å². The monoisotopic (exact) mass is 234 g/mol. The third-order valence-corrected chi connectivity index (χ3v) is 4.14. The smallest absolute Gasteiger partial charge is 0.0672 e. The van der Waals surface area contributed by atoms with E-state index in [4.69, 9.17) is 5.73 Å². The molecule has 0 radical (unpaired) electrons. The minimum Gasteiger partial charge on any atom is -0.326 e. The summed E-state index contributed by atoms with van der Waals surface area (Å²) in [5, 5.41) is 4.31. The summed E-state index contributed by atoms with van der Waals surface area (Å²) in [6.45, 7) is 1.20. The predicted molar refractivity (Wildman–Crippen MR) is 67.5 cm³/mol. The first-order valence-corrected chi connectivity index (χ1v) is 6.76. The quantitative estimate of drug-likeness (QED) is 0.842. The van der Waals surface area contributed by atoms with Crippen LogP contribution in [0.4, 0.5) is 0 Å². The van der Waals surface area contributed by atoms with E-state index in [-0.39, 0.29) is 6.04 Å². The van der Waals surface area contributed by atoms with Gasteiger partial charge < -0.3 is 5.73 Å². The Morgan fingerprint density at radius 3 is 2.76 bits per heavy atom. The molecule has 3 rings (SSSR count). The van der Waals surface area contributed by atoms with Crippen molar-refractivity contribution < 1.29 is 0 Å². The van der Waals surface area contributed by atoms with Gasteiger partial charge in [-0.15, -0.1) is 0 Å². The van der Waals surface area contributed by atoms with Crippen LogP contribution in [0.3, 0.4) is 0 Å². The zero-order chi connectivity index (χ0) is 11.8. The molecule has 17 heavy (non-hydrogen) atoms.